The third-order valence-corrected chi connectivity index (χ3v) is 9.07. The standard InChI is InChI=1S/C25H27N3O8S2/c1-15-12-27(13-16(2)36-15)38(31,32)18-6-4-17(5-7-18)24(30)26-25-28(14-23(29)33-3)19-10-20-21(11-22(19)37-25)35-9-8-34-20/h4-7,10-11,15-16H,8-9,12-14H2,1-3H3. The number of carbonyl (C=O) groups excluding carboxylic acids is 2. The number of hydrogen-bond donors (Lipinski definition) is 0. The summed E-state index contributed by atoms with van der Waals surface area (Å²) in [6, 6.07) is 9.21. The molecule has 0 N–H and O–H groups in total. The average Bonchev–Trinajstić information content (AvgIpc) is 3.21. The fraction of sp³-hybridized carbons (Fsp3) is 0.400. The molecule has 3 aromatic rings. The van der Waals surface area contributed by atoms with Crippen LogP contribution in [-0.2, 0) is 30.8 Å². The van der Waals surface area contributed by atoms with Gasteiger partial charge in [-0.3, -0.25) is 9.59 Å². The zero-order chi connectivity index (χ0) is 27.0. The molecule has 0 saturated carbocycles. The summed E-state index contributed by atoms with van der Waals surface area (Å²) in [5.41, 5.74) is 0.854. The van der Waals surface area contributed by atoms with Crippen molar-refractivity contribution >= 4 is 43.5 Å². The third kappa shape index (κ3) is 5.19. The average molecular weight is 562 g/mol. The van der Waals surface area contributed by atoms with E-state index in [-0.39, 0.29) is 47.1 Å². The molecular formula is C25H27N3O8S2. The van der Waals surface area contributed by atoms with Gasteiger partial charge in [0.2, 0.25) is 10.0 Å². The van der Waals surface area contributed by atoms with Crippen molar-refractivity contribution in [2.45, 2.75) is 37.5 Å². The first-order valence-corrected chi connectivity index (χ1v) is 14.3. The highest BCUT2D eigenvalue weighted by Gasteiger charge is 2.32. The number of rotatable bonds is 5. The molecule has 1 amide bonds. The summed E-state index contributed by atoms with van der Waals surface area (Å²) in [4.78, 5) is 29.8. The number of morpholine rings is 1. The number of hydrogen-bond acceptors (Lipinski definition) is 9. The van der Waals surface area contributed by atoms with E-state index in [4.69, 9.17) is 18.9 Å². The number of nitrogens with zero attached hydrogens (tertiary/aromatic N) is 3. The third-order valence-electron chi connectivity index (χ3n) is 6.18. The predicted octanol–water partition coefficient (Wildman–Crippen LogP) is 2.19. The Balaban J connectivity index is 1.47. The number of methoxy groups -OCH3 is 1. The minimum absolute atomic E-state index is 0.0866. The Kier molecular flexibility index (Phi) is 7.27. The lowest BCUT2D eigenvalue weighted by Gasteiger charge is -2.34. The van der Waals surface area contributed by atoms with Crippen LogP contribution in [0, 0.1) is 0 Å². The fourth-order valence-corrected chi connectivity index (χ4v) is 7.06. The van der Waals surface area contributed by atoms with E-state index in [0.717, 1.165) is 4.70 Å². The summed E-state index contributed by atoms with van der Waals surface area (Å²) in [5.74, 6) is 0.0349. The maximum absolute atomic E-state index is 13.1. The maximum Gasteiger partial charge on any atom is 0.325 e. The smallest absolute Gasteiger partial charge is 0.325 e. The highest BCUT2D eigenvalue weighted by Crippen LogP contribution is 2.35. The second kappa shape index (κ2) is 10.5. The molecule has 1 saturated heterocycles. The first-order chi connectivity index (χ1) is 18.2. The number of fused-ring (bicyclic) bond motifs is 2. The molecule has 3 heterocycles. The molecule has 2 atom stereocenters. The van der Waals surface area contributed by atoms with Gasteiger partial charge in [0.25, 0.3) is 5.91 Å². The van der Waals surface area contributed by atoms with Gasteiger partial charge in [0.15, 0.2) is 16.3 Å². The molecule has 11 nitrogen and oxygen atoms in total. The predicted molar refractivity (Wildman–Crippen MR) is 138 cm³/mol. The van der Waals surface area contributed by atoms with Gasteiger partial charge in [-0.25, -0.2) is 8.42 Å². The molecule has 0 aliphatic carbocycles. The highest BCUT2D eigenvalue weighted by atomic mass is 32.2. The number of sulfonamides is 1. The minimum Gasteiger partial charge on any atom is -0.486 e. The van der Waals surface area contributed by atoms with Crippen LogP contribution in [0.4, 0.5) is 0 Å². The van der Waals surface area contributed by atoms with E-state index in [1.54, 1.807) is 16.7 Å². The Morgan fingerprint density at radius 3 is 2.32 bits per heavy atom. The van der Waals surface area contributed by atoms with Gasteiger partial charge in [-0.1, -0.05) is 11.3 Å². The molecule has 0 radical (unpaired) electrons. The van der Waals surface area contributed by atoms with Gasteiger partial charge in [-0.05, 0) is 38.1 Å². The van der Waals surface area contributed by atoms with Crippen molar-refractivity contribution in [1.82, 2.24) is 8.87 Å². The Bertz CT molecular complexity index is 1550. The quantitative estimate of drug-likeness (QED) is 0.434. The molecule has 202 valence electrons. The largest absolute Gasteiger partial charge is 0.486 e. The van der Waals surface area contributed by atoms with Crippen LogP contribution < -0.4 is 14.3 Å². The summed E-state index contributed by atoms with van der Waals surface area (Å²) in [7, 11) is -2.46. The molecule has 2 unspecified atom stereocenters. The zero-order valence-electron chi connectivity index (χ0n) is 21.1. The van der Waals surface area contributed by atoms with Crippen molar-refractivity contribution in [2.75, 3.05) is 33.4 Å². The minimum atomic E-state index is -3.74. The van der Waals surface area contributed by atoms with Crippen LogP contribution in [0.15, 0.2) is 46.3 Å². The monoisotopic (exact) mass is 561 g/mol. The molecule has 1 aromatic heterocycles. The normalized spacial score (nSPS) is 20.4. The van der Waals surface area contributed by atoms with Crippen LogP contribution >= 0.6 is 11.3 Å². The van der Waals surface area contributed by atoms with E-state index in [0.29, 0.717) is 30.2 Å². The number of aromatic nitrogens is 1. The second-order valence-corrected chi connectivity index (χ2v) is 12.0. The summed E-state index contributed by atoms with van der Waals surface area (Å²) >= 11 is 1.22. The number of ether oxygens (including phenoxy) is 4. The van der Waals surface area contributed by atoms with E-state index < -0.39 is 21.9 Å². The second-order valence-electron chi connectivity index (χ2n) is 9.03. The molecular weight excluding hydrogens is 534 g/mol. The number of esters is 1. The van der Waals surface area contributed by atoms with Crippen LogP contribution in [0.3, 0.4) is 0 Å². The summed E-state index contributed by atoms with van der Waals surface area (Å²) in [6.07, 6.45) is -0.426. The van der Waals surface area contributed by atoms with Crippen LogP contribution in [0.1, 0.15) is 24.2 Å². The van der Waals surface area contributed by atoms with Crippen molar-refractivity contribution < 1.29 is 37.0 Å². The first kappa shape index (κ1) is 26.4. The lowest BCUT2D eigenvalue weighted by molar-refractivity contribution is -0.141. The molecule has 2 aliphatic rings. The molecule has 0 spiro atoms. The molecule has 38 heavy (non-hydrogen) atoms. The fourth-order valence-electron chi connectivity index (χ4n) is 4.44. The number of benzene rings is 2. The molecule has 5 rings (SSSR count). The summed E-state index contributed by atoms with van der Waals surface area (Å²) in [5, 5.41) is 0. The SMILES string of the molecule is COC(=O)Cn1c(=NC(=O)c2ccc(S(=O)(=O)N3CC(C)OC(C)C3)cc2)sc2cc3c(cc21)OCCO3. The van der Waals surface area contributed by atoms with Crippen LogP contribution in [-0.4, -0.2) is 74.8 Å². The number of amides is 1. The van der Waals surface area contributed by atoms with Crippen LogP contribution in [0.5, 0.6) is 11.5 Å². The lowest BCUT2D eigenvalue weighted by atomic mass is 10.2. The Morgan fingerprint density at radius 1 is 1.05 bits per heavy atom. The van der Waals surface area contributed by atoms with Crippen LogP contribution in [0.25, 0.3) is 10.2 Å². The summed E-state index contributed by atoms with van der Waals surface area (Å²) < 4.78 is 51.8. The first-order valence-electron chi connectivity index (χ1n) is 12.0. The lowest BCUT2D eigenvalue weighted by Crippen LogP contribution is -2.48. The summed E-state index contributed by atoms with van der Waals surface area (Å²) in [6.45, 7) is 4.86. The highest BCUT2D eigenvalue weighted by molar-refractivity contribution is 7.89. The van der Waals surface area contributed by atoms with Crippen molar-refractivity contribution in [3.05, 3.63) is 46.8 Å². The van der Waals surface area contributed by atoms with Crippen molar-refractivity contribution in [3.63, 3.8) is 0 Å². The van der Waals surface area contributed by atoms with E-state index in [9.17, 15) is 18.0 Å². The van der Waals surface area contributed by atoms with Gasteiger partial charge in [0, 0.05) is 30.8 Å². The molecule has 0 bridgehead atoms. The van der Waals surface area contributed by atoms with Crippen molar-refractivity contribution in [1.29, 1.82) is 0 Å². The Labute approximate surface area is 223 Å². The zero-order valence-corrected chi connectivity index (χ0v) is 22.7. The van der Waals surface area contributed by atoms with Crippen molar-refractivity contribution in [3.8, 4) is 11.5 Å². The number of thiazole rings is 1. The topological polar surface area (TPSA) is 126 Å². The van der Waals surface area contributed by atoms with Gasteiger partial charge in [0.1, 0.15) is 19.8 Å². The molecule has 2 aromatic carbocycles. The maximum atomic E-state index is 13.1. The van der Waals surface area contributed by atoms with Crippen LogP contribution in [0.2, 0.25) is 0 Å². The van der Waals surface area contributed by atoms with Gasteiger partial charge in [-0.15, -0.1) is 0 Å². The molecule has 1 fully saturated rings. The molecule has 13 heteroatoms. The number of carbonyl (C=O) groups is 2. The Morgan fingerprint density at radius 2 is 1.68 bits per heavy atom. The van der Waals surface area contributed by atoms with Gasteiger partial charge in [0.05, 0.1) is 34.4 Å². The van der Waals surface area contributed by atoms with Crippen molar-refractivity contribution in [2.24, 2.45) is 4.99 Å². The molecule has 2 aliphatic heterocycles. The van der Waals surface area contributed by atoms with Gasteiger partial charge >= 0.3 is 5.97 Å². The van der Waals surface area contributed by atoms with Gasteiger partial charge < -0.3 is 23.5 Å². The van der Waals surface area contributed by atoms with Gasteiger partial charge in [-0.2, -0.15) is 9.30 Å². The van der Waals surface area contributed by atoms with E-state index >= 15 is 0 Å². The van der Waals surface area contributed by atoms with E-state index in [1.165, 1.54) is 47.0 Å². The van der Waals surface area contributed by atoms with E-state index in [1.807, 2.05) is 13.8 Å². The Hall–Kier alpha value is -3.26. The van der Waals surface area contributed by atoms with E-state index in [2.05, 4.69) is 4.99 Å².